The number of ether oxygens (including phenoxy) is 1. The van der Waals surface area contributed by atoms with Crippen molar-refractivity contribution >= 4 is 23.3 Å². The first-order chi connectivity index (χ1) is 13.5. The van der Waals surface area contributed by atoms with Crippen molar-refractivity contribution in [1.29, 1.82) is 0 Å². The van der Waals surface area contributed by atoms with E-state index in [1.807, 2.05) is 35.8 Å². The highest BCUT2D eigenvalue weighted by molar-refractivity contribution is 7.13. The van der Waals surface area contributed by atoms with Gasteiger partial charge in [0.05, 0.1) is 16.7 Å². The van der Waals surface area contributed by atoms with E-state index in [9.17, 15) is 9.59 Å². The normalized spacial score (nSPS) is 24.3. The van der Waals surface area contributed by atoms with Gasteiger partial charge < -0.3 is 9.64 Å². The van der Waals surface area contributed by atoms with Crippen LogP contribution in [0.25, 0.3) is 0 Å². The third kappa shape index (κ3) is 2.71. The largest absolute Gasteiger partial charge is 0.443 e. The summed E-state index contributed by atoms with van der Waals surface area (Å²) in [6.07, 6.45) is 2.08. The summed E-state index contributed by atoms with van der Waals surface area (Å²) in [5, 5.41) is 0.918. The Labute approximate surface area is 168 Å². The number of carbonyl (C=O) groups is 2. The number of nitrogens with zero attached hydrogens (tertiary/aromatic N) is 3. The summed E-state index contributed by atoms with van der Waals surface area (Å²) in [4.78, 5) is 34.4. The summed E-state index contributed by atoms with van der Waals surface area (Å²) in [6.45, 7) is 5.13. The van der Waals surface area contributed by atoms with Crippen molar-refractivity contribution in [2.45, 2.75) is 51.3 Å². The number of amides is 2. The Morgan fingerprint density at radius 3 is 2.68 bits per heavy atom. The van der Waals surface area contributed by atoms with Crippen LogP contribution >= 0.6 is 11.3 Å². The first-order valence-electron chi connectivity index (χ1n) is 9.83. The third-order valence-corrected chi connectivity index (χ3v) is 7.21. The zero-order valence-corrected chi connectivity index (χ0v) is 16.9. The Kier molecular flexibility index (Phi) is 4.16. The SMILES string of the molecule is Cc1nc(C)c(C(=O)N2CCC(N3C(=O)O[C@H]4Cc5ccccc5[C@H]43)CC2)s1. The van der Waals surface area contributed by atoms with Gasteiger partial charge in [0.2, 0.25) is 0 Å². The van der Waals surface area contributed by atoms with E-state index in [1.54, 1.807) is 0 Å². The summed E-state index contributed by atoms with van der Waals surface area (Å²) < 4.78 is 5.70. The lowest BCUT2D eigenvalue weighted by molar-refractivity contribution is 0.0639. The fourth-order valence-electron chi connectivity index (χ4n) is 4.87. The van der Waals surface area contributed by atoms with Crippen LogP contribution in [0, 0.1) is 13.8 Å². The minimum Gasteiger partial charge on any atom is -0.443 e. The summed E-state index contributed by atoms with van der Waals surface area (Å²) in [5.74, 6) is 0.0645. The zero-order valence-electron chi connectivity index (χ0n) is 16.1. The Bertz CT molecular complexity index is 948. The molecule has 2 aliphatic heterocycles. The molecule has 2 fully saturated rings. The number of carbonyl (C=O) groups excluding carboxylic acids is 2. The number of aryl methyl sites for hydroxylation is 2. The number of hydrogen-bond acceptors (Lipinski definition) is 5. The molecule has 2 saturated heterocycles. The van der Waals surface area contributed by atoms with Gasteiger partial charge in [0.25, 0.3) is 5.91 Å². The van der Waals surface area contributed by atoms with Gasteiger partial charge in [-0.15, -0.1) is 11.3 Å². The monoisotopic (exact) mass is 397 g/mol. The number of benzene rings is 1. The fraction of sp³-hybridized carbons (Fsp3) is 0.476. The van der Waals surface area contributed by atoms with Gasteiger partial charge in [-0.25, -0.2) is 9.78 Å². The molecule has 3 heterocycles. The van der Waals surface area contributed by atoms with Gasteiger partial charge in [0, 0.05) is 25.6 Å². The predicted molar refractivity (Wildman–Crippen MR) is 106 cm³/mol. The first kappa shape index (κ1) is 17.7. The zero-order chi connectivity index (χ0) is 19.4. The Hall–Kier alpha value is -2.41. The Balaban J connectivity index is 1.31. The molecule has 1 aliphatic carbocycles. The first-order valence-corrected chi connectivity index (χ1v) is 10.6. The highest BCUT2D eigenvalue weighted by Crippen LogP contribution is 2.44. The standard InChI is InChI=1S/C21H23N3O3S/c1-12-19(28-13(2)22-12)20(25)23-9-7-15(8-10-23)24-18-16-6-4-3-5-14(16)11-17(18)27-21(24)26/h3-6,15,17-18H,7-11H2,1-2H3/t17-,18+/m0/s1. The van der Waals surface area contributed by atoms with Gasteiger partial charge in [0.1, 0.15) is 11.0 Å². The predicted octanol–water partition coefficient (Wildman–Crippen LogP) is 3.48. The molecule has 3 aliphatic rings. The molecule has 146 valence electrons. The minimum absolute atomic E-state index is 0.0161. The molecular formula is C21H23N3O3S. The maximum Gasteiger partial charge on any atom is 0.411 e. The molecular weight excluding hydrogens is 374 g/mol. The fourth-order valence-corrected chi connectivity index (χ4v) is 5.76. The van der Waals surface area contributed by atoms with E-state index in [1.165, 1.54) is 22.5 Å². The van der Waals surface area contributed by atoms with Crippen molar-refractivity contribution in [3.8, 4) is 0 Å². The van der Waals surface area contributed by atoms with Crippen LogP contribution in [0.4, 0.5) is 4.79 Å². The topological polar surface area (TPSA) is 62.7 Å². The molecule has 2 aromatic rings. The molecule has 1 aromatic carbocycles. The van der Waals surface area contributed by atoms with E-state index in [-0.39, 0.29) is 30.2 Å². The molecule has 1 aromatic heterocycles. The summed E-state index contributed by atoms with van der Waals surface area (Å²) >= 11 is 1.46. The van der Waals surface area contributed by atoms with Gasteiger partial charge in [-0.2, -0.15) is 0 Å². The lowest BCUT2D eigenvalue weighted by atomic mass is 9.99. The van der Waals surface area contributed by atoms with E-state index in [2.05, 4.69) is 17.1 Å². The van der Waals surface area contributed by atoms with Gasteiger partial charge >= 0.3 is 6.09 Å². The number of aromatic nitrogens is 1. The van der Waals surface area contributed by atoms with E-state index in [4.69, 9.17) is 4.74 Å². The molecule has 28 heavy (non-hydrogen) atoms. The second-order valence-electron chi connectivity index (χ2n) is 7.85. The van der Waals surface area contributed by atoms with Crippen molar-refractivity contribution in [2.24, 2.45) is 0 Å². The van der Waals surface area contributed by atoms with E-state index in [0.29, 0.717) is 13.1 Å². The van der Waals surface area contributed by atoms with Crippen LogP contribution in [0.2, 0.25) is 0 Å². The number of likely N-dealkylation sites (tertiary alicyclic amines) is 1. The number of thiazole rings is 1. The molecule has 2 atom stereocenters. The summed E-state index contributed by atoms with van der Waals surface area (Å²) in [5.41, 5.74) is 3.30. The molecule has 5 rings (SSSR count). The van der Waals surface area contributed by atoms with Crippen LogP contribution in [0.5, 0.6) is 0 Å². The van der Waals surface area contributed by atoms with Crippen molar-refractivity contribution < 1.29 is 14.3 Å². The van der Waals surface area contributed by atoms with Gasteiger partial charge in [-0.3, -0.25) is 9.69 Å². The van der Waals surface area contributed by atoms with E-state index >= 15 is 0 Å². The maximum absolute atomic E-state index is 12.9. The minimum atomic E-state index is -0.205. The number of fused-ring (bicyclic) bond motifs is 3. The molecule has 0 N–H and O–H groups in total. The van der Waals surface area contributed by atoms with E-state index in [0.717, 1.165) is 34.8 Å². The third-order valence-electron chi connectivity index (χ3n) is 6.15. The van der Waals surface area contributed by atoms with E-state index < -0.39 is 0 Å². The lowest BCUT2D eigenvalue weighted by Crippen LogP contribution is -2.47. The van der Waals surface area contributed by atoms with Crippen LogP contribution in [0.15, 0.2) is 24.3 Å². The van der Waals surface area contributed by atoms with Crippen molar-refractivity contribution in [1.82, 2.24) is 14.8 Å². The van der Waals surface area contributed by atoms with Gasteiger partial charge in [-0.05, 0) is 37.8 Å². The second-order valence-corrected chi connectivity index (χ2v) is 9.05. The highest BCUT2D eigenvalue weighted by atomic mass is 32.1. The quantitative estimate of drug-likeness (QED) is 0.778. The van der Waals surface area contributed by atoms with Crippen molar-refractivity contribution in [3.63, 3.8) is 0 Å². The van der Waals surface area contributed by atoms with Crippen LogP contribution in [0.3, 0.4) is 0 Å². The summed E-state index contributed by atoms with van der Waals surface area (Å²) in [6, 6.07) is 8.44. The molecule has 0 radical (unpaired) electrons. The van der Waals surface area contributed by atoms with Crippen LogP contribution in [-0.4, -0.2) is 52.0 Å². The lowest BCUT2D eigenvalue weighted by Gasteiger charge is -2.37. The summed E-state index contributed by atoms with van der Waals surface area (Å²) in [7, 11) is 0. The molecule has 2 amide bonds. The number of rotatable bonds is 2. The number of hydrogen-bond donors (Lipinski definition) is 0. The van der Waals surface area contributed by atoms with Crippen LogP contribution in [0.1, 0.15) is 50.4 Å². The molecule has 7 heteroatoms. The molecule has 0 unspecified atom stereocenters. The molecule has 0 saturated carbocycles. The van der Waals surface area contributed by atoms with Gasteiger partial charge in [0.15, 0.2) is 0 Å². The van der Waals surface area contributed by atoms with Crippen LogP contribution < -0.4 is 0 Å². The van der Waals surface area contributed by atoms with Gasteiger partial charge in [-0.1, -0.05) is 24.3 Å². The number of piperidine rings is 1. The van der Waals surface area contributed by atoms with Crippen molar-refractivity contribution in [3.05, 3.63) is 51.0 Å². The second kappa shape index (κ2) is 6.58. The maximum atomic E-state index is 12.9. The molecule has 0 spiro atoms. The average Bonchev–Trinajstić information content (AvgIpc) is 3.31. The Morgan fingerprint density at radius 2 is 1.96 bits per heavy atom. The smallest absolute Gasteiger partial charge is 0.411 e. The Morgan fingerprint density at radius 1 is 1.21 bits per heavy atom. The van der Waals surface area contributed by atoms with Crippen molar-refractivity contribution in [2.75, 3.05) is 13.1 Å². The molecule has 6 nitrogen and oxygen atoms in total. The van der Waals surface area contributed by atoms with Crippen LogP contribution in [-0.2, 0) is 11.2 Å². The average molecular weight is 398 g/mol. The highest BCUT2D eigenvalue weighted by Gasteiger charge is 2.50. The molecule has 0 bridgehead atoms.